The molecular weight excluding hydrogens is 192 g/mol. The smallest absolute Gasteiger partial charge is 1.00 e. The van der Waals surface area contributed by atoms with Gasteiger partial charge < -0.3 is 22.1 Å². The minimum atomic E-state index is -0.903. The molecule has 3 heteroatoms. The normalized spacial score (nSPS) is 14.1. The molecule has 0 saturated heterocycles. The third kappa shape index (κ3) is 8.95. The Bertz CT molecular complexity index is 73.5. The molecule has 1 nitrogen and oxygen atoms in total. The van der Waals surface area contributed by atoms with Gasteiger partial charge in [-0.05, 0) is 0 Å². The fourth-order valence-corrected chi connectivity index (χ4v) is 0.144. The topological polar surface area (TPSA) is 23.1 Å². The van der Waals surface area contributed by atoms with Crippen LogP contribution in [0.5, 0.6) is 0 Å². The van der Waals surface area contributed by atoms with E-state index in [4.69, 9.17) is 0 Å². The van der Waals surface area contributed by atoms with Crippen molar-refractivity contribution in [3.05, 3.63) is 12.7 Å². The van der Waals surface area contributed by atoms with E-state index in [0.717, 1.165) is 0 Å². The van der Waals surface area contributed by atoms with E-state index in [-0.39, 0.29) is 40.0 Å². The van der Waals surface area contributed by atoms with E-state index >= 15 is 0 Å². The van der Waals surface area contributed by atoms with Crippen LogP contribution < -0.4 is 22.1 Å². The van der Waals surface area contributed by atoms with Gasteiger partial charge in [0.25, 0.3) is 0 Å². The maximum atomic E-state index is 10.7. The second-order valence-electron chi connectivity index (χ2n) is 1.87. The minimum Gasteiger partial charge on any atom is -1.00 e. The summed E-state index contributed by atoms with van der Waals surface area (Å²) in [6.45, 7) is 6.87. The Morgan fingerprint density at radius 1 is 1.67 bits per heavy atom. The largest absolute Gasteiger partial charge is 2.00 e. The number of rotatable bonds is 2. The summed E-state index contributed by atoms with van der Waals surface area (Å²) in [5.41, 5.74) is -0.903. The molecule has 0 spiro atoms. The average molecular weight is 203 g/mol. The molecule has 1 atom stereocenters. The molecule has 0 N–H and O–H groups in total. The summed E-state index contributed by atoms with van der Waals surface area (Å²) in [4.78, 5) is 0. The van der Waals surface area contributed by atoms with Crippen LogP contribution in [0, 0.1) is 0 Å². The molecule has 1 unspecified atom stereocenters. The van der Waals surface area contributed by atoms with E-state index in [1.807, 2.05) is 6.92 Å². The monoisotopic (exact) mass is 202 g/mol. The number of hydrogen-bond acceptors (Lipinski definition) is 1. The van der Waals surface area contributed by atoms with Crippen molar-refractivity contribution in [3.63, 3.8) is 0 Å². The Labute approximate surface area is 83.5 Å². The zero-order chi connectivity index (χ0) is 5.91. The van der Waals surface area contributed by atoms with Crippen LogP contribution in [0.15, 0.2) is 12.7 Å². The quantitative estimate of drug-likeness (QED) is 0.354. The van der Waals surface area contributed by atoms with E-state index in [1.54, 1.807) is 6.92 Å². The van der Waals surface area contributed by atoms with Crippen LogP contribution in [-0.2, 0) is 0 Å². The Morgan fingerprint density at radius 2 is 2.00 bits per heavy atom. The second-order valence-corrected chi connectivity index (χ2v) is 1.87. The zero-order valence-electron chi connectivity index (χ0n) is 5.98. The average Bonchev–Trinajstić information content (AvgIpc) is 1.68. The molecule has 0 aromatic rings. The molecule has 0 saturated carbocycles. The van der Waals surface area contributed by atoms with Crippen LogP contribution in [0.4, 0.5) is 0 Å². The molecule has 0 amide bonds. The first kappa shape index (κ1) is 16.5. The summed E-state index contributed by atoms with van der Waals surface area (Å²) in [5.74, 6) is 0. The van der Waals surface area contributed by atoms with Crippen molar-refractivity contribution in [2.75, 3.05) is 0 Å². The van der Waals surface area contributed by atoms with Crippen LogP contribution in [0.1, 0.15) is 20.3 Å². The molecule has 9 heavy (non-hydrogen) atoms. The number of halogens is 1. The van der Waals surface area contributed by atoms with Gasteiger partial charge in [0.1, 0.15) is 0 Å². The van der Waals surface area contributed by atoms with Gasteiger partial charge in [-0.1, -0.05) is 25.9 Å². The molecule has 0 aromatic carbocycles. The van der Waals surface area contributed by atoms with E-state index in [1.165, 1.54) is 6.08 Å². The van der Waals surface area contributed by atoms with Crippen molar-refractivity contribution in [2.24, 2.45) is 0 Å². The Kier molecular flexibility index (Phi) is 12.9. The van der Waals surface area contributed by atoms with E-state index in [9.17, 15) is 5.11 Å². The van der Waals surface area contributed by atoms with Crippen LogP contribution in [0.2, 0.25) is 0 Å². The molecule has 0 bridgehead atoms. The molecule has 0 radical (unpaired) electrons. The van der Waals surface area contributed by atoms with Crippen molar-refractivity contribution in [1.29, 1.82) is 0 Å². The van der Waals surface area contributed by atoms with Gasteiger partial charge >= 0.3 is 23.1 Å². The van der Waals surface area contributed by atoms with Crippen molar-refractivity contribution >= 4 is 23.1 Å². The zero-order valence-corrected chi connectivity index (χ0v) is 8.99. The van der Waals surface area contributed by atoms with Crippen molar-refractivity contribution < 1.29 is 22.1 Å². The Balaban J connectivity index is -0.000000180. The molecule has 0 heterocycles. The molecule has 0 fully saturated rings. The summed E-state index contributed by atoms with van der Waals surface area (Å²) in [5, 5.41) is 10.7. The first-order chi connectivity index (χ1) is 3.12. The van der Waals surface area contributed by atoms with E-state index in [0.29, 0.717) is 6.42 Å². The van der Waals surface area contributed by atoms with Gasteiger partial charge in [-0.2, -0.15) is 0 Å². The second kappa shape index (κ2) is 7.06. The van der Waals surface area contributed by atoms with Crippen LogP contribution >= 0.6 is 0 Å². The third-order valence-electron chi connectivity index (χ3n) is 1.13. The van der Waals surface area contributed by atoms with Crippen LogP contribution in [0.3, 0.4) is 0 Å². The van der Waals surface area contributed by atoms with Gasteiger partial charge in [0, 0.05) is 0 Å². The van der Waals surface area contributed by atoms with Gasteiger partial charge in [-0.25, -0.2) is 0 Å². The predicted octanol–water partition coefficient (Wildman–Crippen LogP) is -2.68. The molecule has 50 valence electrons. The summed E-state index contributed by atoms with van der Waals surface area (Å²) in [7, 11) is 0. The summed E-state index contributed by atoms with van der Waals surface area (Å²) in [6, 6.07) is 0. The van der Waals surface area contributed by atoms with Crippen molar-refractivity contribution in [3.8, 4) is 0 Å². The Morgan fingerprint density at radius 3 is 2.00 bits per heavy atom. The number of hydrogen-bond donors (Lipinski definition) is 0. The van der Waals surface area contributed by atoms with Crippen molar-refractivity contribution in [1.82, 2.24) is 0 Å². The summed E-state index contributed by atoms with van der Waals surface area (Å²) in [6.07, 6.45) is 2.06. The standard InChI is InChI=1S/C6H11O.BrH.Mg/c1-4-6(3,7)5-2;;/h4H,1,5H2,2-3H3;1H;/q-1;;+2/p-1. The first-order valence-electron chi connectivity index (χ1n) is 2.46. The molecular formula is C6H11BrMgO. The van der Waals surface area contributed by atoms with Gasteiger partial charge in [0.05, 0.1) is 0 Å². The molecule has 0 aromatic heterocycles. The van der Waals surface area contributed by atoms with Gasteiger partial charge in [-0.15, -0.1) is 12.7 Å². The molecule has 0 rings (SSSR count). The van der Waals surface area contributed by atoms with Gasteiger partial charge in [-0.3, -0.25) is 0 Å². The third-order valence-corrected chi connectivity index (χ3v) is 1.13. The van der Waals surface area contributed by atoms with E-state index < -0.39 is 5.60 Å². The van der Waals surface area contributed by atoms with E-state index in [2.05, 4.69) is 6.58 Å². The summed E-state index contributed by atoms with van der Waals surface area (Å²) >= 11 is 0. The van der Waals surface area contributed by atoms with Crippen molar-refractivity contribution in [2.45, 2.75) is 25.9 Å². The van der Waals surface area contributed by atoms with Gasteiger partial charge in [0.15, 0.2) is 0 Å². The predicted molar refractivity (Wildman–Crippen MR) is 34.6 cm³/mol. The Hall–Kier alpha value is 0.946. The SMILES string of the molecule is C=CC(C)([O-])CC.[Br-].[Mg+2]. The van der Waals surface area contributed by atoms with Crippen LogP contribution in [-0.4, -0.2) is 28.7 Å². The molecule has 0 aliphatic heterocycles. The molecule has 0 aliphatic rings. The maximum Gasteiger partial charge on any atom is 2.00 e. The van der Waals surface area contributed by atoms with Crippen LogP contribution in [0.25, 0.3) is 0 Å². The first-order valence-corrected chi connectivity index (χ1v) is 2.46. The fourth-order valence-electron chi connectivity index (χ4n) is 0.144. The fraction of sp³-hybridized carbons (Fsp3) is 0.667. The maximum absolute atomic E-state index is 10.7. The molecule has 0 aliphatic carbocycles. The van der Waals surface area contributed by atoms with Gasteiger partial charge in [0.2, 0.25) is 0 Å². The summed E-state index contributed by atoms with van der Waals surface area (Å²) < 4.78 is 0. The minimum absolute atomic E-state index is 0.